The number of imidazole rings is 1. The molecule has 0 bridgehead atoms. The normalized spacial score (nSPS) is 14.4. The van der Waals surface area contributed by atoms with Crippen molar-refractivity contribution >= 4 is 23.3 Å². The summed E-state index contributed by atoms with van der Waals surface area (Å²) < 4.78 is 47.5. The standard InChI is InChI=1S/C20H19F3N6O4/c1-32-17-3-2-15-25-11-14(29(15)26-17)13-4-5-24-16(10-13)27-6-8-28(9-7-27)18(30)12-33-19(31)20(21,22)23/h2-5,10-11H,6-9,12H2,1H3. The second-order valence-corrected chi connectivity index (χ2v) is 7.13. The van der Waals surface area contributed by atoms with Crippen LogP contribution in [0.1, 0.15) is 0 Å². The van der Waals surface area contributed by atoms with E-state index in [1.165, 1.54) is 12.0 Å². The monoisotopic (exact) mass is 464 g/mol. The highest BCUT2D eigenvalue weighted by atomic mass is 19.4. The molecule has 0 saturated carbocycles. The number of carbonyl (C=O) groups excluding carboxylic acids is 2. The maximum Gasteiger partial charge on any atom is 0.490 e. The number of piperazine rings is 1. The average Bonchev–Trinajstić information content (AvgIpc) is 3.25. The Labute approximate surface area is 185 Å². The second-order valence-electron chi connectivity index (χ2n) is 7.13. The molecule has 0 aliphatic carbocycles. The van der Waals surface area contributed by atoms with Crippen LogP contribution in [-0.2, 0) is 14.3 Å². The van der Waals surface area contributed by atoms with Crippen molar-refractivity contribution in [2.24, 2.45) is 0 Å². The lowest BCUT2D eigenvalue weighted by atomic mass is 10.2. The molecule has 4 heterocycles. The lowest BCUT2D eigenvalue weighted by Gasteiger charge is -2.35. The topological polar surface area (TPSA) is 102 Å². The largest absolute Gasteiger partial charge is 0.490 e. The first-order valence-electron chi connectivity index (χ1n) is 9.88. The van der Waals surface area contributed by atoms with Crippen LogP contribution in [0.25, 0.3) is 16.9 Å². The molecule has 13 heteroatoms. The Bertz CT molecular complexity index is 1170. The molecule has 0 N–H and O–H groups in total. The van der Waals surface area contributed by atoms with Gasteiger partial charge >= 0.3 is 12.1 Å². The van der Waals surface area contributed by atoms with Crippen LogP contribution in [0.4, 0.5) is 19.0 Å². The van der Waals surface area contributed by atoms with Gasteiger partial charge in [0.1, 0.15) is 5.82 Å². The molecule has 1 fully saturated rings. The highest BCUT2D eigenvalue weighted by Gasteiger charge is 2.41. The molecule has 174 valence electrons. The number of fused-ring (bicyclic) bond motifs is 1. The number of anilines is 1. The molecule has 0 aromatic carbocycles. The molecule has 4 rings (SSSR count). The van der Waals surface area contributed by atoms with Gasteiger partial charge in [-0.05, 0) is 18.2 Å². The molecule has 0 spiro atoms. The van der Waals surface area contributed by atoms with Crippen molar-refractivity contribution in [2.75, 3.05) is 44.8 Å². The average molecular weight is 464 g/mol. The Kier molecular flexibility index (Phi) is 6.03. The predicted molar refractivity (Wildman–Crippen MR) is 109 cm³/mol. The van der Waals surface area contributed by atoms with Crippen molar-refractivity contribution in [1.29, 1.82) is 0 Å². The van der Waals surface area contributed by atoms with Gasteiger partial charge in [0.05, 0.1) is 19.0 Å². The van der Waals surface area contributed by atoms with Gasteiger partial charge in [-0.15, -0.1) is 5.10 Å². The van der Waals surface area contributed by atoms with E-state index < -0.39 is 24.7 Å². The second kappa shape index (κ2) is 8.92. The first-order chi connectivity index (χ1) is 15.8. The zero-order chi connectivity index (χ0) is 23.6. The van der Waals surface area contributed by atoms with E-state index in [4.69, 9.17) is 4.74 Å². The Morgan fingerprint density at radius 1 is 1.09 bits per heavy atom. The van der Waals surface area contributed by atoms with Gasteiger partial charge in [-0.1, -0.05) is 0 Å². The van der Waals surface area contributed by atoms with Crippen LogP contribution in [0.15, 0.2) is 36.7 Å². The van der Waals surface area contributed by atoms with Gasteiger partial charge in [-0.2, -0.15) is 13.2 Å². The maximum absolute atomic E-state index is 12.2. The van der Waals surface area contributed by atoms with Crippen LogP contribution in [0.3, 0.4) is 0 Å². The number of hydrogen-bond donors (Lipinski definition) is 0. The van der Waals surface area contributed by atoms with Crippen molar-refractivity contribution in [3.05, 3.63) is 36.7 Å². The third-order valence-electron chi connectivity index (χ3n) is 5.10. The third-order valence-corrected chi connectivity index (χ3v) is 5.10. The molecule has 3 aromatic rings. The van der Waals surface area contributed by atoms with Crippen LogP contribution in [0.5, 0.6) is 5.88 Å². The Hall–Kier alpha value is -3.90. The molecule has 1 aliphatic heterocycles. The van der Waals surface area contributed by atoms with Gasteiger partial charge in [0.15, 0.2) is 12.3 Å². The minimum absolute atomic E-state index is 0.253. The number of halogens is 3. The van der Waals surface area contributed by atoms with Crippen molar-refractivity contribution < 1.29 is 32.2 Å². The van der Waals surface area contributed by atoms with E-state index >= 15 is 0 Å². The van der Waals surface area contributed by atoms with Gasteiger partial charge in [0.25, 0.3) is 5.91 Å². The number of carbonyl (C=O) groups is 2. The summed E-state index contributed by atoms with van der Waals surface area (Å²) in [6.45, 7) is 0.380. The number of nitrogens with zero attached hydrogens (tertiary/aromatic N) is 6. The maximum atomic E-state index is 12.2. The van der Waals surface area contributed by atoms with Gasteiger partial charge in [-0.3, -0.25) is 4.79 Å². The van der Waals surface area contributed by atoms with Crippen LogP contribution in [0, 0.1) is 0 Å². The number of ether oxygens (including phenoxy) is 2. The van der Waals surface area contributed by atoms with Crippen LogP contribution < -0.4 is 9.64 Å². The molecule has 0 unspecified atom stereocenters. The predicted octanol–water partition coefficient (Wildman–Crippen LogP) is 1.55. The van der Waals surface area contributed by atoms with Gasteiger partial charge in [-0.25, -0.2) is 19.3 Å². The summed E-state index contributed by atoms with van der Waals surface area (Å²) >= 11 is 0. The highest BCUT2D eigenvalue weighted by Crippen LogP contribution is 2.25. The summed E-state index contributed by atoms with van der Waals surface area (Å²) in [5, 5.41) is 4.39. The minimum atomic E-state index is -5.13. The zero-order valence-electron chi connectivity index (χ0n) is 17.4. The Morgan fingerprint density at radius 2 is 1.85 bits per heavy atom. The number of rotatable bonds is 5. The number of pyridine rings is 1. The highest BCUT2D eigenvalue weighted by molar-refractivity contribution is 5.82. The smallest absolute Gasteiger partial charge is 0.480 e. The van der Waals surface area contributed by atoms with Crippen molar-refractivity contribution in [3.8, 4) is 17.1 Å². The Balaban J connectivity index is 1.42. The van der Waals surface area contributed by atoms with E-state index in [-0.39, 0.29) is 13.1 Å². The summed E-state index contributed by atoms with van der Waals surface area (Å²) in [6, 6.07) is 7.20. The first kappa shape index (κ1) is 22.3. The van der Waals surface area contributed by atoms with Crippen molar-refractivity contribution in [1.82, 2.24) is 24.5 Å². The third kappa shape index (κ3) is 4.81. The van der Waals surface area contributed by atoms with Crippen molar-refractivity contribution in [2.45, 2.75) is 6.18 Å². The number of aromatic nitrogens is 4. The lowest BCUT2D eigenvalue weighted by molar-refractivity contribution is -0.200. The molecule has 1 saturated heterocycles. The van der Waals surface area contributed by atoms with Crippen molar-refractivity contribution in [3.63, 3.8) is 0 Å². The zero-order valence-corrected chi connectivity index (χ0v) is 17.4. The van der Waals surface area contributed by atoms with E-state index in [0.29, 0.717) is 30.4 Å². The SMILES string of the molecule is COc1ccc2ncc(-c3ccnc(N4CCN(C(=O)COC(=O)C(F)(F)F)CC4)c3)n2n1. The fourth-order valence-corrected chi connectivity index (χ4v) is 3.40. The molecular formula is C20H19F3N6O4. The molecule has 0 atom stereocenters. The van der Waals surface area contributed by atoms with E-state index in [9.17, 15) is 22.8 Å². The lowest BCUT2D eigenvalue weighted by Crippen LogP contribution is -2.50. The quantitative estimate of drug-likeness (QED) is 0.525. The molecule has 33 heavy (non-hydrogen) atoms. The van der Waals surface area contributed by atoms with Gasteiger partial charge in [0.2, 0.25) is 5.88 Å². The molecule has 1 amide bonds. The fourth-order valence-electron chi connectivity index (χ4n) is 3.40. The van der Waals surface area contributed by atoms with Gasteiger partial charge < -0.3 is 19.3 Å². The number of amides is 1. The molecule has 10 nitrogen and oxygen atoms in total. The first-order valence-corrected chi connectivity index (χ1v) is 9.88. The van der Waals surface area contributed by atoms with E-state index in [1.54, 1.807) is 29.0 Å². The van der Waals surface area contributed by atoms with Crippen LogP contribution in [0.2, 0.25) is 0 Å². The van der Waals surface area contributed by atoms with Crippen LogP contribution >= 0.6 is 0 Å². The summed E-state index contributed by atoms with van der Waals surface area (Å²) in [5.74, 6) is -1.95. The molecule has 0 radical (unpaired) electrons. The summed E-state index contributed by atoms with van der Waals surface area (Å²) in [7, 11) is 1.53. The van der Waals surface area contributed by atoms with E-state index in [2.05, 4.69) is 19.8 Å². The molecule has 1 aliphatic rings. The fraction of sp³-hybridized carbons (Fsp3) is 0.350. The summed E-state index contributed by atoms with van der Waals surface area (Å²) in [6.07, 6.45) is -1.78. The molecular weight excluding hydrogens is 445 g/mol. The van der Waals surface area contributed by atoms with Crippen LogP contribution in [-0.4, -0.2) is 82.4 Å². The summed E-state index contributed by atoms with van der Waals surface area (Å²) in [5.41, 5.74) is 2.22. The van der Waals surface area contributed by atoms with E-state index in [0.717, 1.165) is 11.3 Å². The Morgan fingerprint density at radius 3 is 2.55 bits per heavy atom. The number of alkyl halides is 3. The number of hydrogen-bond acceptors (Lipinski definition) is 8. The number of methoxy groups -OCH3 is 1. The minimum Gasteiger partial charge on any atom is -0.480 e. The van der Waals surface area contributed by atoms with Gasteiger partial charge in [0, 0.05) is 44.0 Å². The van der Waals surface area contributed by atoms with E-state index in [1.807, 2.05) is 17.0 Å². The summed E-state index contributed by atoms with van der Waals surface area (Å²) in [4.78, 5) is 34.9. The number of esters is 1. The molecule has 3 aromatic heterocycles.